The fourth-order valence-electron chi connectivity index (χ4n) is 4.61. The van der Waals surface area contributed by atoms with Gasteiger partial charge in [0.15, 0.2) is 5.17 Å². The molecule has 2 aliphatic rings. The number of nitrogens with zero attached hydrogens (tertiary/aromatic N) is 4. The number of hydrogen-bond donors (Lipinski definition) is 0. The Bertz CT molecular complexity index is 1180. The van der Waals surface area contributed by atoms with Crippen LogP contribution in [0.15, 0.2) is 94.8 Å². The molecule has 0 spiro atoms. The standard InChI is InChI=1S/C29H30N4OS/c1-31(2)25-15-13-22(14-16-25)21-26-28(34)30-29(35-26)33-19-17-32(18-20-33)27(23-9-5-3-6-10-23)24-11-7-4-8-12-24/h3-16,21,27H,17-20H2,1-2H3/b26-21+. The second kappa shape index (κ2) is 10.5. The number of amides is 1. The van der Waals surface area contributed by atoms with Gasteiger partial charge in [-0.15, -0.1) is 0 Å². The van der Waals surface area contributed by atoms with Gasteiger partial charge in [0.1, 0.15) is 0 Å². The number of piperazine rings is 1. The highest BCUT2D eigenvalue weighted by Gasteiger charge is 2.31. The molecule has 0 unspecified atom stereocenters. The lowest BCUT2D eigenvalue weighted by molar-refractivity contribution is -0.113. The van der Waals surface area contributed by atoms with Gasteiger partial charge in [0, 0.05) is 46.0 Å². The Labute approximate surface area is 211 Å². The van der Waals surface area contributed by atoms with Gasteiger partial charge in [-0.1, -0.05) is 72.8 Å². The van der Waals surface area contributed by atoms with Crippen LogP contribution >= 0.6 is 11.8 Å². The van der Waals surface area contributed by atoms with E-state index in [1.54, 1.807) is 0 Å². The average Bonchev–Trinajstić information content (AvgIpc) is 3.26. The highest BCUT2D eigenvalue weighted by atomic mass is 32.2. The van der Waals surface area contributed by atoms with Crippen LogP contribution in [0.5, 0.6) is 0 Å². The Morgan fingerprint density at radius 1 is 0.829 bits per heavy atom. The van der Waals surface area contributed by atoms with Crippen LogP contribution in [-0.2, 0) is 4.79 Å². The molecule has 3 aromatic rings. The van der Waals surface area contributed by atoms with Crippen molar-refractivity contribution in [3.8, 4) is 0 Å². The summed E-state index contributed by atoms with van der Waals surface area (Å²) in [6.07, 6.45) is 1.94. The first kappa shape index (κ1) is 23.4. The summed E-state index contributed by atoms with van der Waals surface area (Å²) in [5, 5.41) is 0.821. The van der Waals surface area contributed by atoms with E-state index in [-0.39, 0.29) is 11.9 Å². The molecule has 1 amide bonds. The van der Waals surface area contributed by atoms with Gasteiger partial charge in [0.05, 0.1) is 10.9 Å². The molecule has 0 saturated carbocycles. The molecule has 0 aromatic heterocycles. The average molecular weight is 483 g/mol. The third-order valence-electron chi connectivity index (χ3n) is 6.50. The Morgan fingerprint density at radius 2 is 1.40 bits per heavy atom. The highest BCUT2D eigenvalue weighted by molar-refractivity contribution is 8.18. The quantitative estimate of drug-likeness (QED) is 0.472. The fraction of sp³-hybridized carbons (Fsp3) is 0.241. The van der Waals surface area contributed by atoms with Crippen molar-refractivity contribution in [2.45, 2.75) is 6.04 Å². The topological polar surface area (TPSA) is 39.1 Å². The predicted molar refractivity (Wildman–Crippen MR) is 147 cm³/mol. The first-order valence-electron chi connectivity index (χ1n) is 12.0. The zero-order valence-corrected chi connectivity index (χ0v) is 21.0. The monoisotopic (exact) mass is 482 g/mol. The number of thioether (sulfide) groups is 1. The van der Waals surface area contributed by atoms with Gasteiger partial charge in [-0.05, 0) is 46.7 Å². The van der Waals surface area contributed by atoms with Gasteiger partial charge in [-0.25, -0.2) is 0 Å². The van der Waals surface area contributed by atoms with E-state index in [4.69, 9.17) is 0 Å². The summed E-state index contributed by atoms with van der Waals surface area (Å²) in [5.41, 5.74) is 4.76. The van der Waals surface area contributed by atoms with Crippen LogP contribution in [0.4, 0.5) is 5.69 Å². The molecule has 0 aliphatic carbocycles. The van der Waals surface area contributed by atoms with Crippen molar-refractivity contribution < 1.29 is 4.79 Å². The van der Waals surface area contributed by atoms with E-state index >= 15 is 0 Å². The van der Waals surface area contributed by atoms with Crippen LogP contribution in [0, 0.1) is 0 Å². The number of anilines is 1. The third-order valence-corrected chi connectivity index (χ3v) is 7.54. The third kappa shape index (κ3) is 5.34. The van der Waals surface area contributed by atoms with E-state index in [1.807, 2.05) is 32.3 Å². The SMILES string of the molecule is CN(C)c1ccc(/C=C2/SC(N3CCN(C(c4ccccc4)c4ccccc4)CC3)=NC2=O)cc1. The van der Waals surface area contributed by atoms with Crippen molar-refractivity contribution in [3.05, 3.63) is 107 Å². The predicted octanol–water partition coefficient (Wildman–Crippen LogP) is 5.13. The number of rotatable bonds is 5. The summed E-state index contributed by atoms with van der Waals surface area (Å²) in [5.74, 6) is -0.143. The number of aliphatic imine (C=N–C) groups is 1. The minimum absolute atomic E-state index is 0.143. The Balaban J connectivity index is 1.26. The van der Waals surface area contributed by atoms with Crippen LogP contribution in [0.1, 0.15) is 22.7 Å². The highest BCUT2D eigenvalue weighted by Crippen LogP contribution is 2.33. The van der Waals surface area contributed by atoms with Gasteiger partial charge in [-0.2, -0.15) is 4.99 Å². The Morgan fingerprint density at radius 3 is 1.94 bits per heavy atom. The van der Waals surface area contributed by atoms with E-state index in [9.17, 15) is 4.79 Å². The van der Waals surface area contributed by atoms with Crippen molar-refractivity contribution in [1.29, 1.82) is 0 Å². The molecule has 1 saturated heterocycles. The van der Waals surface area contributed by atoms with E-state index in [2.05, 4.69) is 92.5 Å². The number of benzene rings is 3. The van der Waals surface area contributed by atoms with Crippen LogP contribution in [0.2, 0.25) is 0 Å². The molecule has 1 fully saturated rings. The lowest BCUT2D eigenvalue weighted by Gasteiger charge is -2.40. The largest absolute Gasteiger partial charge is 0.378 e. The summed E-state index contributed by atoms with van der Waals surface area (Å²) in [6, 6.07) is 29.8. The lowest BCUT2D eigenvalue weighted by atomic mass is 9.96. The van der Waals surface area contributed by atoms with Crippen LogP contribution in [0.25, 0.3) is 6.08 Å². The van der Waals surface area contributed by atoms with Crippen molar-refractivity contribution in [1.82, 2.24) is 9.80 Å². The molecule has 3 aromatic carbocycles. The number of carbonyl (C=O) groups is 1. The number of amidine groups is 1. The molecular weight excluding hydrogens is 452 g/mol. The lowest BCUT2D eigenvalue weighted by Crippen LogP contribution is -2.49. The molecule has 0 N–H and O–H groups in total. The first-order valence-corrected chi connectivity index (χ1v) is 12.8. The maximum Gasteiger partial charge on any atom is 0.286 e. The van der Waals surface area contributed by atoms with Crippen molar-refractivity contribution in [3.63, 3.8) is 0 Å². The van der Waals surface area contributed by atoms with Crippen LogP contribution in [-0.4, -0.2) is 61.1 Å². The maximum atomic E-state index is 12.6. The summed E-state index contributed by atoms with van der Waals surface area (Å²) < 4.78 is 0. The maximum absolute atomic E-state index is 12.6. The molecule has 0 atom stereocenters. The molecule has 35 heavy (non-hydrogen) atoms. The number of hydrogen-bond acceptors (Lipinski definition) is 5. The number of carbonyl (C=O) groups excluding carboxylic acids is 1. The van der Waals surface area contributed by atoms with E-state index in [1.165, 1.54) is 22.9 Å². The molecule has 2 heterocycles. The zero-order valence-electron chi connectivity index (χ0n) is 20.2. The van der Waals surface area contributed by atoms with Gasteiger partial charge < -0.3 is 9.80 Å². The normalized spacial score (nSPS) is 17.8. The van der Waals surface area contributed by atoms with Crippen LogP contribution in [0.3, 0.4) is 0 Å². The molecule has 0 radical (unpaired) electrons. The summed E-state index contributed by atoms with van der Waals surface area (Å²) >= 11 is 1.49. The van der Waals surface area contributed by atoms with E-state index in [0.29, 0.717) is 4.91 Å². The molecule has 178 valence electrons. The van der Waals surface area contributed by atoms with Crippen molar-refractivity contribution >= 4 is 34.6 Å². The van der Waals surface area contributed by atoms with Gasteiger partial charge in [0.25, 0.3) is 5.91 Å². The molecule has 5 rings (SSSR count). The molecule has 0 bridgehead atoms. The minimum Gasteiger partial charge on any atom is -0.378 e. The van der Waals surface area contributed by atoms with Crippen molar-refractivity contribution in [2.24, 2.45) is 4.99 Å². The minimum atomic E-state index is -0.143. The molecule has 6 heteroatoms. The second-order valence-corrected chi connectivity index (χ2v) is 10.1. The Kier molecular flexibility index (Phi) is 7.02. The Hall–Kier alpha value is -3.35. The second-order valence-electron chi connectivity index (χ2n) is 9.04. The summed E-state index contributed by atoms with van der Waals surface area (Å²) in [6.45, 7) is 3.51. The van der Waals surface area contributed by atoms with Crippen molar-refractivity contribution in [2.75, 3.05) is 45.2 Å². The van der Waals surface area contributed by atoms with Gasteiger partial charge in [0.2, 0.25) is 0 Å². The smallest absolute Gasteiger partial charge is 0.286 e. The van der Waals surface area contributed by atoms with Gasteiger partial charge >= 0.3 is 0 Å². The first-order chi connectivity index (χ1) is 17.1. The van der Waals surface area contributed by atoms with E-state index < -0.39 is 0 Å². The molecule has 2 aliphatic heterocycles. The molecular formula is C29H30N4OS. The summed E-state index contributed by atoms with van der Waals surface area (Å²) in [4.78, 5) is 24.6. The fourth-order valence-corrected chi connectivity index (χ4v) is 5.57. The molecule has 5 nitrogen and oxygen atoms in total. The zero-order chi connectivity index (χ0) is 24.2. The van der Waals surface area contributed by atoms with Gasteiger partial charge in [-0.3, -0.25) is 9.69 Å². The van der Waals surface area contributed by atoms with E-state index in [0.717, 1.165) is 42.6 Å². The van der Waals surface area contributed by atoms with Crippen LogP contribution < -0.4 is 4.90 Å². The summed E-state index contributed by atoms with van der Waals surface area (Å²) in [7, 11) is 4.04.